The van der Waals surface area contributed by atoms with E-state index in [9.17, 15) is 22.8 Å². The van der Waals surface area contributed by atoms with Gasteiger partial charge >= 0.3 is 6.18 Å². The fourth-order valence-corrected chi connectivity index (χ4v) is 9.12. The highest BCUT2D eigenvalue weighted by molar-refractivity contribution is 5.89. The van der Waals surface area contributed by atoms with Gasteiger partial charge in [0.05, 0.1) is 6.54 Å². The zero-order valence-corrected chi connectivity index (χ0v) is 21.9. The second kappa shape index (κ2) is 8.34. The molecule has 6 nitrogen and oxygen atoms in total. The van der Waals surface area contributed by atoms with E-state index in [-0.39, 0.29) is 35.2 Å². The van der Waals surface area contributed by atoms with Gasteiger partial charge in [0.25, 0.3) is 0 Å². The van der Waals surface area contributed by atoms with Crippen molar-refractivity contribution in [1.29, 1.82) is 0 Å². The number of fused-ring (bicyclic) bond motifs is 6. The normalized spacial score (nSPS) is 39.2. The number of hydrogen-bond donors (Lipinski definition) is 0. The van der Waals surface area contributed by atoms with E-state index in [4.69, 9.17) is 0 Å². The van der Waals surface area contributed by atoms with Crippen molar-refractivity contribution in [1.82, 2.24) is 19.4 Å². The maximum absolute atomic E-state index is 13.4. The lowest BCUT2D eigenvalue weighted by atomic mass is 9.47. The Morgan fingerprint density at radius 1 is 1.11 bits per heavy atom. The molecule has 0 spiro atoms. The molecule has 7 atom stereocenters. The molecule has 0 N–H and O–H groups in total. The highest BCUT2D eigenvalue weighted by Gasteiger charge is 2.60. The SMILES string of the molecule is CN1C(=O)C=C[C@]2(C)[C@H]3CC[C@]4(C)[C@@H](CC(=O)N5CCn6cc(C(F)(F)F)nc6C5)CC[C@H]4[C@@H]3CC[C@@H]12. The van der Waals surface area contributed by atoms with Gasteiger partial charge in [-0.15, -0.1) is 0 Å². The molecule has 0 saturated heterocycles. The highest BCUT2D eigenvalue weighted by Crippen LogP contribution is 2.66. The molecule has 6 rings (SSSR count). The molecule has 0 unspecified atom stereocenters. The van der Waals surface area contributed by atoms with Crippen LogP contribution in [0.25, 0.3) is 0 Å². The molecule has 2 aliphatic heterocycles. The van der Waals surface area contributed by atoms with Crippen LogP contribution in [0.5, 0.6) is 0 Å². The van der Waals surface area contributed by atoms with E-state index in [1.54, 1.807) is 11.0 Å². The van der Waals surface area contributed by atoms with E-state index in [0.29, 0.717) is 49.0 Å². The van der Waals surface area contributed by atoms with Crippen molar-refractivity contribution in [2.45, 2.75) is 84.1 Å². The van der Waals surface area contributed by atoms with Crippen LogP contribution in [-0.2, 0) is 28.9 Å². The van der Waals surface area contributed by atoms with Crippen LogP contribution in [0.4, 0.5) is 13.2 Å². The summed E-state index contributed by atoms with van der Waals surface area (Å²) in [6, 6.07) is 0.263. The van der Waals surface area contributed by atoms with Gasteiger partial charge in [-0.3, -0.25) is 9.59 Å². The summed E-state index contributed by atoms with van der Waals surface area (Å²) < 4.78 is 40.8. The molecule has 3 heterocycles. The van der Waals surface area contributed by atoms with Crippen molar-refractivity contribution in [2.75, 3.05) is 13.6 Å². The van der Waals surface area contributed by atoms with Crippen LogP contribution in [-0.4, -0.2) is 50.8 Å². The topological polar surface area (TPSA) is 58.4 Å². The van der Waals surface area contributed by atoms with E-state index < -0.39 is 11.9 Å². The molecule has 3 fully saturated rings. The second-order valence-corrected chi connectivity index (χ2v) is 12.7. The van der Waals surface area contributed by atoms with Crippen molar-refractivity contribution >= 4 is 11.8 Å². The summed E-state index contributed by atoms with van der Waals surface area (Å²) in [6.45, 7) is 5.65. The number of amides is 2. The second-order valence-electron chi connectivity index (χ2n) is 12.7. The molecule has 5 aliphatic rings. The monoisotopic (exact) mass is 518 g/mol. The lowest BCUT2D eigenvalue weighted by Crippen LogP contribution is -2.59. The number of carbonyl (C=O) groups excluding carboxylic acids is 2. The number of rotatable bonds is 2. The summed E-state index contributed by atoms with van der Waals surface area (Å²) in [4.78, 5) is 33.1. The van der Waals surface area contributed by atoms with E-state index in [1.165, 1.54) is 4.57 Å². The van der Waals surface area contributed by atoms with Crippen LogP contribution in [0.3, 0.4) is 0 Å². The molecule has 0 aromatic carbocycles. The van der Waals surface area contributed by atoms with Crippen molar-refractivity contribution in [3.8, 4) is 0 Å². The molecular weight excluding hydrogens is 481 g/mol. The molecular formula is C28H37F3N4O2. The summed E-state index contributed by atoms with van der Waals surface area (Å²) in [5.41, 5.74) is -0.768. The Morgan fingerprint density at radius 3 is 2.65 bits per heavy atom. The minimum Gasteiger partial charge on any atom is -0.338 e. The first-order valence-corrected chi connectivity index (χ1v) is 13.8. The first-order valence-electron chi connectivity index (χ1n) is 13.8. The lowest BCUT2D eigenvalue weighted by Gasteiger charge is -2.60. The average Bonchev–Trinajstić information content (AvgIpc) is 3.42. The van der Waals surface area contributed by atoms with Gasteiger partial charge in [-0.2, -0.15) is 13.2 Å². The van der Waals surface area contributed by atoms with Gasteiger partial charge < -0.3 is 14.4 Å². The number of alkyl halides is 3. The quantitative estimate of drug-likeness (QED) is 0.560. The summed E-state index contributed by atoms with van der Waals surface area (Å²) in [5.74, 6) is 2.50. The Kier molecular flexibility index (Phi) is 5.63. The first-order chi connectivity index (χ1) is 17.4. The predicted octanol–water partition coefficient (Wildman–Crippen LogP) is 4.89. The largest absolute Gasteiger partial charge is 0.434 e. The Hall–Kier alpha value is -2.32. The van der Waals surface area contributed by atoms with Crippen molar-refractivity contribution in [3.63, 3.8) is 0 Å². The minimum absolute atomic E-state index is 0.00575. The number of nitrogens with zero attached hydrogens (tertiary/aromatic N) is 4. The van der Waals surface area contributed by atoms with Gasteiger partial charge in [-0.1, -0.05) is 19.9 Å². The summed E-state index contributed by atoms with van der Waals surface area (Å²) >= 11 is 0. The first kappa shape index (κ1) is 25.0. The fraction of sp³-hybridized carbons (Fsp3) is 0.750. The lowest BCUT2D eigenvalue weighted by molar-refractivity contribution is -0.141. The summed E-state index contributed by atoms with van der Waals surface area (Å²) in [6.07, 6.45) is 7.54. The van der Waals surface area contributed by atoms with Gasteiger partial charge in [0.2, 0.25) is 11.8 Å². The number of hydrogen-bond acceptors (Lipinski definition) is 3. The van der Waals surface area contributed by atoms with Gasteiger partial charge in [-0.25, -0.2) is 4.98 Å². The molecule has 3 saturated carbocycles. The van der Waals surface area contributed by atoms with E-state index in [1.807, 2.05) is 11.9 Å². The van der Waals surface area contributed by atoms with Crippen molar-refractivity contribution in [3.05, 3.63) is 29.9 Å². The molecule has 0 bridgehead atoms. The Morgan fingerprint density at radius 2 is 1.89 bits per heavy atom. The molecule has 1 aromatic heterocycles. The van der Waals surface area contributed by atoms with Crippen LogP contribution < -0.4 is 0 Å². The number of likely N-dealkylation sites (N-methyl/N-ethyl adjacent to an activating group) is 1. The third-order valence-corrected chi connectivity index (χ3v) is 11.2. The summed E-state index contributed by atoms with van der Waals surface area (Å²) in [5, 5.41) is 0. The zero-order chi connectivity index (χ0) is 26.3. The molecule has 0 radical (unpaired) electrons. The molecule has 37 heavy (non-hydrogen) atoms. The number of carbonyl (C=O) groups is 2. The third kappa shape index (κ3) is 3.77. The predicted molar refractivity (Wildman–Crippen MR) is 131 cm³/mol. The van der Waals surface area contributed by atoms with Crippen molar-refractivity contribution < 1.29 is 22.8 Å². The number of aromatic nitrogens is 2. The molecule has 1 aromatic rings. The van der Waals surface area contributed by atoms with Crippen molar-refractivity contribution in [2.24, 2.45) is 34.5 Å². The standard InChI is InChI=1S/C28H37F3N4O2/c1-26-10-8-20-18(5-7-22-27(20,2)11-9-24(36)33(22)3)19(26)6-4-17(26)14-25(37)35-13-12-34-15-21(28(29,30)31)32-23(34)16-35/h9,11,15,17-20,22H,4-8,10,12-14,16H2,1-3H3/t17-,18+,19+,20+,22-,26-,27-/m1/s1. The number of imidazole rings is 1. The van der Waals surface area contributed by atoms with Gasteiger partial charge in [0.15, 0.2) is 5.69 Å². The van der Waals surface area contributed by atoms with Gasteiger partial charge in [0.1, 0.15) is 5.82 Å². The highest BCUT2D eigenvalue weighted by atomic mass is 19.4. The van der Waals surface area contributed by atoms with Crippen LogP contribution in [0.1, 0.15) is 70.3 Å². The number of halogens is 3. The van der Waals surface area contributed by atoms with Crippen LogP contribution in [0.15, 0.2) is 18.3 Å². The minimum atomic E-state index is -4.47. The van der Waals surface area contributed by atoms with Gasteiger partial charge in [-0.05, 0) is 73.7 Å². The van der Waals surface area contributed by atoms with Crippen LogP contribution in [0, 0.1) is 34.5 Å². The molecule has 3 aliphatic carbocycles. The maximum Gasteiger partial charge on any atom is 0.434 e. The Bertz CT molecular complexity index is 1140. The molecule has 2 amide bonds. The Balaban J connectivity index is 1.15. The average molecular weight is 519 g/mol. The third-order valence-electron chi connectivity index (χ3n) is 11.2. The zero-order valence-electron chi connectivity index (χ0n) is 21.9. The van der Waals surface area contributed by atoms with E-state index in [2.05, 4.69) is 24.9 Å². The fourth-order valence-electron chi connectivity index (χ4n) is 9.12. The van der Waals surface area contributed by atoms with Crippen LogP contribution in [0.2, 0.25) is 0 Å². The molecule has 202 valence electrons. The van der Waals surface area contributed by atoms with E-state index >= 15 is 0 Å². The van der Waals surface area contributed by atoms with Gasteiger partial charge in [0, 0.05) is 44.2 Å². The molecule has 9 heteroatoms. The van der Waals surface area contributed by atoms with E-state index in [0.717, 1.165) is 44.7 Å². The maximum atomic E-state index is 13.4. The summed E-state index contributed by atoms with van der Waals surface area (Å²) in [7, 11) is 1.94. The van der Waals surface area contributed by atoms with Crippen LogP contribution >= 0.6 is 0 Å². The smallest absolute Gasteiger partial charge is 0.338 e. The Labute approximate surface area is 216 Å².